The van der Waals surface area contributed by atoms with Gasteiger partial charge in [0.05, 0.1) is 0 Å². The second kappa shape index (κ2) is 4.69. The molecule has 0 saturated heterocycles. The largest absolute Gasteiger partial charge is 0.398 e. The third-order valence-corrected chi connectivity index (χ3v) is 3.73. The van der Waals surface area contributed by atoms with Crippen molar-refractivity contribution in [3.05, 3.63) is 42.0 Å². The lowest BCUT2D eigenvalue weighted by Gasteiger charge is -2.23. The molecular formula is C14H15N7. The molecule has 7 nitrogen and oxygen atoms in total. The molecule has 0 unspecified atom stereocenters. The number of anilines is 2. The van der Waals surface area contributed by atoms with Crippen molar-refractivity contribution in [2.75, 3.05) is 10.6 Å². The molecule has 0 bridgehead atoms. The standard InChI is InChI=1S/C14H15N7/c15-12-4-2-1-3-10(12)9-20(11-5-6-11)14-8-7-13-16-18-19-21(13)17-14/h1-4,7-8,11H,5-6,9,15H2. The second-order valence-corrected chi connectivity index (χ2v) is 5.28. The minimum Gasteiger partial charge on any atom is -0.398 e. The van der Waals surface area contributed by atoms with Gasteiger partial charge in [-0.05, 0) is 47.0 Å². The maximum absolute atomic E-state index is 6.06. The summed E-state index contributed by atoms with van der Waals surface area (Å²) >= 11 is 0. The zero-order valence-corrected chi connectivity index (χ0v) is 11.4. The van der Waals surface area contributed by atoms with E-state index in [-0.39, 0.29) is 0 Å². The lowest BCUT2D eigenvalue weighted by atomic mass is 10.1. The van der Waals surface area contributed by atoms with E-state index in [0.717, 1.165) is 23.6 Å². The van der Waals surface area contributed by atoms with Crippen LogP contribution in [0.1, 0.15) is 18.4 Å². The number of benzene rings is 1. The first-order chi connectivity index (χ1) is 10.3. The van der Waals surface area contributed by atoms with Gasteiger partial charge in [0.1, 0.15) is 0 Å². The van der Waals surface area contributed by atoms with Crippen LogP contribution in [0.25, 0.3) is 5.65 Å². The van der Waals surface area contributed by atoms with E-state index in [1.54, 1.807) is 0 Å². The lowest BCUT2D eigenvalue weighted by molar-refractivity contribution is 0.699. The van der Waals surface area contributed by atoms with Gasteiger partial charge in [-0.3, -0.25) is 0 Å². The summed E-state index contributed by atoms with van der Waals surface area (Å²) in [5, 5.41) is 15.8. The van der Waals surface area contributed by atoms with Crippen molar-refractivity contribution < 1.29 is 0 Å². The molecule has 0 amide bonds. The summed E-state index contributed by atoms with van der Waals surface area (Å²) in [5.41, 5.74) is 8.63. The van der Waals surface area contributed by atoms with Gasteiger partial charge in [-0.1, -0.05) is 18.2 Å². The van der Waals surface area contributed by atoms with Crippen molar-refractivity contribution in [1.29, 1.82) is 0 Å². The molecule has 21 heavy (non-hydrogen) atoms. The predicted molar refractivity (Wildman–Crippen MR) is 78.6 cm³/mol. The Hall–Kier alpha value is -2.70. The van der Waals surface area contributed by atoms with Gasteiger partial charge in [0.15, 0.2) is 11.5 Å². The number of fused-ring (bicyclic) bond motifs is 1. The lowest BCUT2D eigenvalue weighted by Crippen LogP contribution is -2.27. The zero-order valence-electron chi connectivity index (χ0n) is 11.4. The molecule has 0 aliphatic heterocycles. The Labute approximate surface area is 121 Å². The van der Waals surface area contributed by atoms with Gasteiger partial charge in [0.25, 0.3) is 0 Å². The van der Waals surface area contributed by atoms with Gasteiger partial charge in [-0.2, -0.15) is 0 Å². The number of hydrogen-bond acceptors (Lipinski definition) is 6. The average molecular weight is 281 g/mol. The van der Waals surface area contributed by atoms with Crippen molar-refractivity contribution in [1.82, 2.24) is 25.3 Å². The number of aromatic nitrogens is 5. The van der Waals surface area contributed by atoms with Crippen LogP contribution in [0.4, 0.5) is 11.5 Å². The minimum atomic E-state index is 0.519. The molecule has 3 aromatic rings. The van der Waals surface area contributed by atoms with Crippen molar-refractivity contribution in [2.45, 2.75) is 25.4 Å². The van der Waals surface area contributed by atoms with Crippen LogP contribution in [0.5, 0.6) is 0 Å². The molecule has 1 aromatic carbocycles. The van der Waals surface area contributed by atoms with Crippen LogP contribution < -0.4 is 10.6 Å². The third kappa shape index (κ3) is 2.26. The quantitative estimate of drug-likeness (QED) is 0.725. The van der Waals surface area contributed by atoms with Gasteiger partial charge >= 0.3 is 0 Å². The predicted octanol–water partition coefficient (Wildman–Crippen LogP) is 1.27. The molecule has 0 spiro atoms. The van der Waals surface area contributed by atoms with Crippen LogP contribution in [-0.4, -0.2) is 31.3 Å². The number of nitrogen functional groups attached to an aromatic ring is 1. The number of nitrogens with zero attached hydrogens (tertiary/aromatic N) is 6. The molecule has 2 heterocycles. The average Bonchev–Trinajstić information content (AvgIpc) is 3.23. The Morgan fingerprint density at radius 3 is 2.86 bits per heavy atom. The number of tetrazole rings is 1. The highest BCUT2D eigenvalue weighted by Gasteiger charge is 2.30. The van der Waals surface area contributed by atoms with Crippen LogP contribution in [-0.2, 0) is 6.54 Å². The van der Waals surface area contributed by atoms with Crippen LogP contribution in [0.2, 0.25) is 0 Å². The Morgan fingerprint density at radius 1 is 1.19 bits per heavy atom. The van der Waals surface area contributed by atoms with E-state index >= 15 is 0 Å². The molecule has 2 N–H and O–H groups in total. The van der Waals surface area contributed by atoms with E-state index in [1.165, 1.54) is 17.5 Å². The van der Waals surface area contributed by atoms with Gasteiger partial charge in [0, 0.05) is 18.3 Å². The molecule has 0 atom stereocenters. The highest BCUT2D eigenvalue weighted by Crippen LogP contribution is 2.32. The summed E-state index contributed by atoms with van der Waals surface area (Å²) < 4.78 is 1.46. The number of hydrogen-bond donors (Lipinski definition) is 1. The normalized spacial score (nSPS) is 14.5. The Kier molecular flexibility index (Phi) is 2.70. The smallest absolute Gasteiger partial charge is 0.200 e. The van der Waals surface area contributed by atoms with Crippen molar-refractivity contribution in [3.8, 4) is 0 Å². The van der Waals surface area contributed by atoms with E-state index in [0.29, 0.717) is 11.7 Å². The van der Waals surface area contributed by atoms with Crippen molar-refractivity contribution in [2.24, 2.45) is 0 Å². The van der Waals surface area contributed by atoms with Crippen molar-refractivity contribution in [3.63, 3.8) is 0 Å². The van der Waals surface area contributed by atoms with E-state index in [1.807, 2.05) is 30.3 Å². The second-order valence-electron chi connectivity index (χ2n) is 5.28. The maximum Gasteiger partial charge on any atom is 0.200 e. The summed E-state index contributed by atoms with van der Waals surface area (Å²) in [7, 11) is 0. The van der Waals surface area contributed by atoms with E-state index in [2.05, 4.69) is 31.6 Å². The molecule has 106 valence electrons. The molecule has 1 saturated carbocycles. The monoisotopic (exact) mass is 281 g/mol. The number of para-hydroxylation sites is 1. The van der Waals surface area contributed by atoms with Crippen molar-refractivity contribution >= 4 is 17.2 Å². The highest BCUT2D eigenvalue weighted by molar-refractivity contribution is 5.51. The van der Waals surface area contributed by atoms with Crippen LogP contribution in [0.15, 0.2) is 36.4 Å². The fourth-order valence-electron chi connectivity index (χ4n) is 2.44. The summed E-state index contributed by atoms with van der Waals surface area (Å²) in [6.45, 7) is 0.748. The third-order valence-electron chi connectivity index (χ3n) is 3.73. The zero-order chi connectivity index (χ0) is 14.2. The summed E-state index contributed by atoms with van der Waals surface area (Å²) in [6, 6.07) is 12.3. The number of rotatable bonds is 4. The van der Waals surface area contributed by atoms with E-state index in [4.69, 9.17) is 5.73 Å². The Balaban J connectivity index is 1.69. The first-order valence-corrected chi connectivity index (χ1v) is 6.97. The molecule has 2 aromatic heterocycles. The van der Waals surface area contributed by atoms with Crippen LogP contribution in [0.3, 0.4) is 0 Å². The van der Waals surface area contributed by atoms with Gasteiger partial charge in [-0.25, -0.2) is 0 Å². The molecule has 1 aliphatic rings. The van der Waals surface area contributed by atoms with Crippen LogP contribution in [0, 0.1) is 0 Å². The molecule has 7 heteroatoms. The first kappa shape index (κ1) is 12.1. The molecular weight excluding hydrogens is 266 g/mol. The molecule has 4 rings (SSSR count). The summed E-state index contributed by atoms with van der Waals surface area (Å²) in [4.78, 5) is 2.27. The van der Waals surface area contributed by atoms with Gasteiger partial charge < -0.3 is 10.6 Å². The summed E-state index contributed by atoms with van der Waals surface area (Å²) in [6.07, 6.45) is 2.37. The van der Waals surface area contributed by atoms with Crippen LogP contribution >= 0.6 is 0 Å². The molecule has 0 radical (unpaired) electrons. The Morgan fingerprint density at radius 2 is 2.05 bits per heavy atom. The SMILES string of the molecule is Nc1ccccc1CN(c1ccc2nnnn2n1)C1CC1. The van der Waals surface area contributed by atoms with Gasteiger partial charge in [0.2, 0.25) is 0 Å². The molecule has 1 fully saturated rings. The topological polar surface area (TPSA) is 85.2 Å². The minimum absolute atomic E-state index is 0.519. The Bertz CT molecular complexity index is 778. The summed E-state index contributed by atoms with van der Waals surface area (Å²) in [5.74, 6) is 0.876. The fourth-order valence-corrected chi connectivity index (χ4v) is 2.44. The fraction of sp³-hybridized carbons (Fsp3) is 0.286. The van der Waals surface area contributed by atoms with E-state index in [9.17, 15) is 0 Å². The highest BCUT2D eigenvalue weighted by atomic mass is 15.6. The maximum atomic E-state index is 6.06. The van der Waals surface area contributed by atoms with E-state index < -0.39 is 0 Å². The number of nitrogens with two attached hydrogens (primary N) is 1. The molecule has 1 aliphatic carbocycles. The first-order valence-electron chi connectivity index (χ1n) is 6.97. The van der Waals surface area contributed by atoms with Gasteiger partial charge in [-0.15, -0.1) is 14.8 Å².